The summed E-state index contributed by atoms with van der Waals surface area (Å²) in [4.78, 5) is 17.2. The number of pyridine rings is 1. The lowest BCUT2D eigenvalue weighted by Crippen LogP contribution is -2.22. The van der Waals surface area contributed by atoms with Gasteiger partial charge in [0.15, 0.2) is 0 Å². The Morgan fingerprint density at radius 2 is 2.19 bits per heavy atom. The van der Waals surface area contributed by atoms with E-state index in [1.54, 1.807) is 21.0 Å². The standard InChI is InChI=1S/C10H10ClN3O2/c1-5-7-8(11)6(10(15)14(2)3)4-12-9(7)16-13-5/h4H,1-3H3. The first-order chi connectivity index (χ1) is 7.52. The van der Waals surface area contributed by atoms with E-state index in [1.807, 2.05) is 0 Å². The fraction of sp³-hybridized carbons (Fsp3) is 0.300. The van der Waals surface area contributed by atoms with Crippen LogP contribution in [0.3, 0.4) is 0 Å². The van der Waals surface area contributed by atoms with Gasteiger partial charge < -0.3 is 9.42 Å². The molecule has 0 bridgehead atoms. The summed E-state index contributed by atoms with van der Waals surface area (Å²) in [6, 6.07) is 0. The molecule has 0 aromatic carbocycles. The molecule has 0 N–H and O–H groups in total. The van der Waals surface area contributed by atoms with Crippen molar-refractivity contribution in [3.63, 3.8) is 0 Å². The highest BCUT2D eigenvalue weighted by molar-refractivity contribution is 6.38. The third-order valence-corrected chi connectivity index (χ3v) is 2.64. The van der Waals surface area contributed by atoms with Crippen LogP contribution in [0.1, 0.15) is 16.1 Å². The Hall–Kier alpha value is -1.62. The Morgan fingerprint density at radius 3 is 2.81 bits per heavy atom. The Labute approximate surface area is 97.0 Å². The summed E-state index contributed by atoms with van der Waals surface area (Å²) in [6.07, 6.45) is 1.40. The van der Waals surface area contributed by atoms with Gasteiger partial charge in [0.25, 0.3) is 11.6 Å². The zero-order valence-corrected chi connectivity index (χ0v) is 9.87. The summed E-state index contributed by atoms with van der Waals surface area (Å²) in [5.74, 6) is -0.194. The summed E-state index contributed by atoms with van der Waals surface area (Å²) >= 11 is 6.14. The van der Waals surface area contributed by atoms with Crippen molar-refractivity contribution in [2.75, 3.05) is 14.1 Å². The zero-order valence-electron chi connectivity index (χ0n) is 9.11. The predicted octanol–water partition coefficient (Wildman–Crippen LogP) is 1.89. The highest BCUT2D eigenvalue weighted by Gasteiger charge is 2.19. The van der Waals surface area contributed by atoms with Gasteiger partial charge in [-0.3, -0.25) is 4.79 Å². The molecule has 2 heterocycles. The SMILES string of the molecule is Cc1noc2ncc(C(=O)N(C)C)c(Cl)c12. The van der Waals surface area contributed by atoms with E-state index < -0.39 is 0 Å². The average molecular weight is 240 g/mol. The van der Waals surface area contributed by atoms with Crippen LogP contribution in [0.25, 0.3) is 11.1 Å². The first-order valence-corrected chi connectivity index (χ1v) is 5.02. The molecule has 0 saturated heterocycles. The van der Waals surface area contributed by atoms with Crippen molar-refractivity contribution in [2.24, 2.45) is 0 Å². The van der Waals surface area contributed by atoms with Crippen LogP contribution < -0.4 is 0 Å². The number of carbonyl (C=O) groups excluding carboxylic acids is 1. The molecular weight excluding hydrogens is 230 g/mol. The largest absolute Gasteiger partial charge is 0.345 e. The molecule has 2 aromatic rings. The molecule has 0 unspecified atom stereocenters. The van der Waals surface area contributed by atoms with Gasteiger partial charge in [0.05, 0.1) is 21.7 Å². The van der Waals surface area contributed by atoms with Crippen LogP contribution in [0, 0.1) is 6.92 Å². The molecule has 1 amide bonds. The monoisotopic (exact) mass is 239 g/mol. The molecule has 84 valence electrons. The van der Waals surface area contributed by atoms with Gasteiger partial charge in [0.2, 0.25) is 0 Å². The molecule has 5 nitrogen and oxygen atoms in total. The molecule has 0 aliphatic carbocycles. The van der Waals surface area contributed by atoms with E-state index in [2.05, 4.69) is 10.1 Å². The van der Waals surface area contributed by atoms with Gasteiger partial charge in [-0.05, 0) is 6.92 Å². The minimum absolute atomic E-state index is 0.194. The minimum atomic E-state index is -0.194. The number of nitrogens with zero attached hydrogens (tertiary/aromatic N) is 3. The Bertz CT molecular complexity index is 562. The van der Waals surface area contributed by atoms with Gasteiger partial charge in [-0.25, -0.2) is 4.98 Å². The molecule has 0 fully saturated rings. The van der Waals surface area contributed by atoms with Crippen LogP contribution in [0.4, 0.5) is 0 Å². The normalized spacial score (nSPS) is 10.8. The van der Waals surface area contributed by atoms with Gasteiger partial charge in [0.1, 0.15) is 0 Å². The van der Waals surface area contributed by atoms with Crippen molar-refractivity contribution in [1.82, 2.24) is 15.0 Å². The molecule has 0 aliphatic heterocycles. The number of amides is 1. The van der Waals surface area contributed by atoms with E-state index in [0.717, 1.165) is 0 Å². The van der Waals surface area contributed by atoms with Crippen molar-refractivity contribution >= 4 is 28.6 Å². The third-order valence-electron chi connectivity index (χ3n) is 2.25. The van der Waals surface area contributed by atoms with Crippen LogP contribution >= 0.6 is 11.6 Å². The molecule has 2 aromatic heterocycles. The average Bonchev–Trinajstić information content (AvgIpc) is 2.60. The number of halogens is 1. The molecule has 2 rings (SSSR count). The van der Waals surface area contributed by atoms with Crippen molar-refractivity contribution < 1.29 is 9.32 Å². The minimum Gasteiger partial charge on any atom is -0.345 e. The number of aryl methyl sites for hydroxylation is 1. The van der Waals surface area contributed by atoms with Crippen molar-refractivity contribution in [3.8, 4) is 0 Å². The highest BCUT2D eigenvalue weighted by Crippen LogP contribution is 2.28. The van der Waals surface area contributed by atoms with Gasteiger partial charge in [0, 0.05) is 20.3 Å². The predicted molar refractivity (Wildman–Crippen MR) is 59.6 cm³/mol. The molecule has 16 heavy (non-hydrogen) atoms. The molecule has 0 radical (unpaired) electrons. The van der Waals surface area contributed by atoms with Gasteiger partial charge in [-0.2, -0.15) is 0 Å². The van der Waals surface area contributed by atoms with Crippen LogP contribution in [-0.2, 0) is 0 Å². The van der Waals surface area contributed by atoms with Gasteiger partial charge in [-0.1, -0.05) is 16.8 Å². The maximum atomic E-state index is 11.8. The van der Waals surface area contributed by atoms with Crippen LogP contribution in [0.15, 0.2) is 10.7 Å². The second-order valence-corrected chi connectivity index (χ2v) is 4.01. The fourth-order valence-electron chi connectivity index (χ4n) is 1.40. The second kappa shape index (κ2) is 3.75. The number of hydrogen-bond donors (Lipinski definition) is 0. The van der Waals surface area contributed by atoms with E-state index >= 15 is 0 Å². The highest BCUT2D eigenvalue weighted by atomic mass is 35.5. The molecule has 0 aliphatic rings. The van der Waals surface area contributed by atoms with Crippen molar-refractivity contribution in [2.45, 2.75) is 6.92 Å². The van der Waals surface area contributed by atoms with Crippen LogP contribution in [0.5, 0.6) is 0 Å². The summed E-state index contributed by atoms with van der Waals surface area (Å²) in [6.45, 7) is 1.75. The van der Waals surface area contributed by atoms with E-state index in [1.165, 1.54) is 11.1 Å². The quantitative estimate of drug-likeness (QED) is 0.763. The Morgan fingerprint density at radius 1 is 1.50 bits per heavy atom. The molecule has 0 atom stereocenters. The lowest BCUT2D eigenvalue weighted by Gasteiger charge is -2.10. The maximum absolute atomic E-state index is 11.8. The zero-order chi connectivity index (χ0) is 11.9. The lowest BCUT2D eigenvalue weighted by molar-refractivity contribution is 0.0827. The number of rotatable bonds is 1. The first kappa shape index (κ1) is 10.9. The molecular formula is C10H10ClN3O2. The Kier molecular flexibility index (Phi) is 2.55. The number of carbonyl (C=O) groups is 1. The second-order valence-electron chi connectivity index (χ2n) is 3.63. The van der Waals surface area contributed by atoms with Crippen LogP contribution in [-0.4, -0.2) is 35.0 Å². The van der Waals surface area contributed by atoms with E-state index in [-0.39, 0.29) is 5.91 Å². The first-order valence-electron chi connectivity index (χ1n) is 4.64. The number of aromatic nitrogens is 2. The van der Waals surface area contributed by atoms with E-state index in [9.17, 15) is 4.79 Å². The summed E-state index contributed by atoms with van der Waals surface area (Å²) in [5.41, 5.74) is 1.32. The Balaban J connectivity index is 2.69. The lowest BCUT2D eigenvalue weighted by atomic mass is 10.2. The molecule has 6 heteroatoms. The van der Waals surface area contributed by atoms with Gasteiger partial charge >= 0.3 is 0 Å². The van der Waals surface area contributed by atoms with E-state index in [0.29, 0.717) is 27.4 Å². The topological polar surface area (TPSA) is 59.2 Å². The summed E-state index contributed by atoms with van der Waals surface area (Å²) < 4.78 is 4.95. The maximum Gasteiger partial charge on any atom is 0.259 e. The number of hydrogen-bond acceptors (Lipinski definition) is 4. The molecule has 0 spiro atoms. The molecule has 0 saturated carbocycles. The number of fused-ring (bicyclic) bond motifs is 1. The van der Waals surface area contributed by atoms with Gasteiger partial charge in [-0.15, -0.1) is 0 Å². The smallest absolute Gasteiger partial charge is 0.259 e. The third kappa shape index (κ3) is 1.53. The van der Waals surface area contributed by atoms with E-state index in [4.69, 9.17) is 16.1 Å². The van der Waals surface area contributed by atoms with Crippen molar-refractivity contribution in [3.05, 3.63) is 22.5 Å². The fourth-order valence-corrected chi connectivity index (χ4v) is 1.75. The summed E-state index contributed by atoms with van der Waals surface area (Å²) in [7, 11) is 3.31. The van der Waals surface area contributed by atoms with Crippen molar-refractivity contribution in [1.29, 1.82) is 0 Å². The summed E-state index contributed by atoms with van der Waals surface area (Å²) in [5, 5.41) is 4.68. The van der Waals surface area contributed by atoms with Crippen LogP contribution in [0.2, 0.25) is 5.02 Å².